The number of Topliss-reactive ketones (excluding diaryl/α,β-unsaturated/α-hetero) is 1. The van der Waals surface area contributed by atoms with Crippen molar-refractivity contribution < 1.29 is 13.9 Å². The number of aromatic nitrogens is 1. The number of methoxy groups -OCH3 is 1. The van der Waals surface area contributed by atoms with Crippen molar-refractivity contribution in [3.05, 3.63) is 58.7 Å². The lowest BCUT2D eigenvalue weighted by Gasteiger charge is -2.30. The third-order valence-corrected chi connectivity index (χ3v) is 5.52. The van der Waals surface area contributed by atoms with Gasteiger partial charge in [-0.3, -0.25) is 9.79 Å². The van der Waals surface area contributed by atoms with E-state index in [0.29, 0.717) is 28.6 Å². The van der Waals surface area contributed by atoms with Gasteiger partial charge in [0.2, 0.25) is 0 Å². The van der Waals surface area contributed by atoms with Gasteiger partial charge in [-0.05, 0) is 49.6 Å². The van der Waals surface area contributed by atoms with Gasteiger partial charge < -0.3 is 10.5 Å². The number of thioether (sulfide) groups is 1. The van der Waals surface area contributed by atoms with Crippen LogP contribution in [-0.2, 0) is 12.0 Å². The third-order valence-electron chi connectivity index (χ3n) is 4.72. The SMILES string of the molecule is COc1cnc(C(=O)Cc2ccc(F)c(C3(C)CCSC(N)=N3)c2)c(C)c1.Cl.Cl. The second-order valence-electron chi connectivity index (χ2n) is 6.78. The molecular formula is C20H24Cl2FN3O2S. The molecule has 0 spiro atoms. The minimum absolute atomic E-state index is 0. The molecule has 1 aliphatic rings. The highest BCUT2D eigenvalue weighted by Gasteiger charge is 2.32. The first-order valence-electron chi connectivity index (χ1n) is 8.63. The van der Waals surface area contributed by atoms with Crippen molar-refractivity contribution in [3.8, 4) is 5.75 Å². The number of halogens is 3. The van der Waals surface area contributed by atoms with Crippen LogP contribution in [0, 0.1) is 12.7 Å². The number of hydrogen-bond acceptors (Lipinski definition) is 6. The number of nitrogens with zero attached hydrogens (tertiary/aromatic N) is 2. The van der Waals surface area contributed by atoms with Crippen LogP contribution in [0.4, 0.5) is 4.39 Å². The average Bonchev–Trinajstić information content (AvgIpc) is 2.62. The van der Waals surface area contributed by atoms with E-state index < -0.39 is 5.54 Å². The van der Waals surface area contributed by atoms with Crippen LogP contribution in [0.1, 0.15) is 40.5 Å². The zero-order valence-corrected chi connectivity index (χ0v) is 18.8. The summed E-state index contributed by atoms with van der Waals surface area (Å²) in [7, 11) is 1.55. The quantitative estimate of drug-likeness (QED) is 0.667. The molecule has 2 aromatic rings. The van der Waals surface area contributed by atoms with E-state index in [2.05, 4.69) is 9.98 Å². The van der Waals surface area contributed by atoms with E-state index in [1.807, 2.05) is 13.8 Å². The van der Waals surface area contributed by atoms with Gasteiger partial charge in [-0.25, -0.2) is 9.37 Å². The number of hydrogen-bond donors (Lipinski definition) is 1. The van der Waals surface area contributed by atoms with Crippen LogP contribution >= 0.6 is 36.6 Å². The lowest BCUT2D eigenvalue weighted by atomic mass is 9.87. The molecule has 9 heteroatoms. The van der Waals surface area contributed by atoms with Crippen molar-refractivity contribution >= 4 is 47.5 Å². The second-order valence-corrected chi connectivity index (χ2v) is 7.89. The molecule has 1 aromatic heterocycles. The Morgan fingerprint density at radius 3 is 2.69 bits per heavy atom. The van der Waals surface area contributed by atoms with Crippen molar-refractivity contribution in [3.63, 3.8) is 0 Å². The predicted octanol–water partition coefficient (Wildman–Crippen LogP) is 4.47. The molecule has 0 aliphatic carbocycles. The highest BCUT2D eigenvalue weighted by Crippen LogP contribution is 2.36. The topological polar surface area (TPSA) is 77.6 Å². The molecule has 1 aromatic carbocycles. The summed E-state index contributed by atoms with van der Waals surface area (Å²) in [5.74, 6) is 0.922. The second kappa shape index (κ2) is 10.3. The van der Waals surface area contributed by atoms with Crippen molar-refractivity contribution in [2.24, 2.45) is 10.7 Å². The molecule has 0 radical (unpaired) electrons. The normalized spacial score (nSPS) is 18.1. The summed E-state index contributed by atoms with van der Waals surface area (Å²) in [5, 5.41) is 0.461. The Morgan fingerprint density at radius 2 is 2.07 bits per heavy atom. The van der Waals surface area contributed by atoms with Gasteiger partial charge in [0.1, 0.15) is 17.3 Å². The van der Waals surface area contributed by atoms with E-state index >= 15 is 0 Å². The van der Waals surface area contributed by atoms with E-state index in [0.717, 1.165) is 16.9 Å². The Labute approximate surface area is 186 Å². The summed E-state index contributed by atoms with van der Waals surface area (Å²) in [6, 6.07) is 6.52. The number of ketones is 1. The van der Waals surface area contributed by atoms with Gasteiger partial charge in [0.05, 0.1) is 18.8 Å². The fraction of sp³-hybridized carbons (Fsp3) is 0.350. The van der Waals surface area contributed by atoms with Crippen LogP contribution in [0.3, 0.4) is 0 Å². The molecular weight excluding hydrogens is 436 g/mol. The molecule has 0 bridgehead atoms. The molecule has 5 nitrogen and oxygen atoms in total. The number of benzene rings is 1. The fourth-order valence-electron chi connectivity index (χ4n) is 3.20. The van der Waals surface area contributed by atoms with E-state index in [1.165, 1.54) is 24.0 Å². The highest BCUT2D eigenvalue weighted by atomic mass is 35.5. The Hall–Kier alpha value is -1.83. The molecule has 0 fully saturated rings. The number of amidine groups is 1. The van der Waals surface area contributed by atoms with E-state index in [-0.39, 0.29) is 42.8 Å². The zero-order valence-electron chi connectivity index (χ0n) is 16.4. The summed E-state index contributed by atoms with van der Waals surface area (Å²) < 4.78 is 19.6. The van der Waals surface area contributed by atoms with Gasteiger partial charge >= 0.3 is 0 Å². The van der Waals surface area contributed by atoms with Gasteiger partial charge in [-0.15, -0.1) is 24.8 Å². The Morgan fingerprint density at radius 1 is 1.34 bits per heavy atom. The van der Waals surface area contributed by atoms with Gasteiger partial charge in [-0.2, -0.15) is 0 Å². The lowest BCUT2D eigenvalue weighted by Crippen LogP contribution is -2.29. The van der Waals surface area contributed by atoms with Gasteiger partial charge in [-0.1, -0.05) is 17.8 Å². The Bertz CT molecular complexity index is 927. The van der Waals surface area contributed by atoms with Crippen molar-refractivity contribution in [2.75, 3.05) is 12.9 Å². The minimum Gasteiger partial charge on any atom is -0.495 e. The number of aryl methyl sites for hydroxylation is 1. The van der Waals surface area contributed by atoms with Gasteiger partial charge in [0.15, 0.2) is 11.0 Å². The zero-order chi connectivity index (χ0) is 19.6. The molecule has 1 unspecified atom stereocenters. The monoisotopic (exact) mass is 459 g/mol. The maximum absolute atomic E-state index is 14.5. The van der Waals surface area contributed by atoms with Crippen molar-refractivity contribution in [1.29, 1.82) is 0 Å². The summed E-state index contributed by atoms with van der Waals surface area (Å²) in [6.07, 6.45) is 2.35. The summed E-state index contributed by atoms with van der Waals surface area (Å²) >= 11 is 1.47. The third kappa shape index (κ3) is 5.62. The molecule has 1 aliphatic heterocycles. The smallest absolute Gasteiger partial charge is 0.185 e. The molecule has 29 heavy (non-hydrogen) atoms. The number of ether oxygens (including phenoxy) is 1. The average molecular weight is 460 g/mol. The van der Waals surface area contributed by atoms with E-state index in [4.69, 9.17) is 10.5 Å². The molecule has 0 amide bonds. The molecule has 2 N–H and O–H groups in total. The molecule has 1 atom stereocenters. The summed E-state index contributed by atoms with van der Waals surface area (Å²) in [5.41, 5.74) is 7.47. The Balaban J connectivity index is 0.00000210. The van der Waals surface area contributed by atoms with Crippen LogP contribution in [-0.4, -0.2) is 28.8 Å². The first-order valence-corrected chi connectivity index (χ1v) is 9.62. The van der Waals surface area contributed by atoms with E-state index in [1.54, 1.807) is 25.3 Å². The molecule has 2 heterocycles. The first-order chi connectivity index (χ1) is 12.8. The van der Waals surface area contributed by atoms with Crippen molar-refractivity contribution in [1.82, 2.24) is 4.98 Å². The highest BCUT2D eigenvalue weighted by molar-refractivity contribution is 8.13. The number of pyridine rings is 1. The number of rotatable bonds is 5. The summed E-state index contributed by atoms with van der Waals surface area (Å²) in [4.78, 5) is 21.4. The van der Waals surface area contributed by atoms with Gasteiger partial charge in [0.25, 0.3) is 0 Å². The van der Waals surface area contributed by atoms with Crippen LogP contribution < -0.4 is 10.5 Å². The minimum atomic E-state index is -0.716. The molecule has 3 rings (SSSR count). The number of carbonyl (C=O) groups is 1. The van der Waals surface area contributed by atoms with Crippen LogP contribution in [0.15, 0.2) is 35.5 Å². The predicted molar refractivity (Wildman–Crippen MR) is 121 cm³/mol. The van der Waals surface area contributed by atoms with Crippen LogP contribution in [0.25, 0.3) is 0 Å². The lowest BCUT2D eigenvalue weighted by molar-refractivity contribution is 0.0987. The maximum atomic E-state index is 14.5. The summed E-state index contributed by atoms with van der Waals surface area (Å²) in [6.45, 7) is 3.69. The standard InChI is InChI=1S/C20H22FN3O2S.2ClH/c1-12-8-14(26-3)11-23-18(12)17(25)10-13-4-5-16(21)15(9-13)20(2)6-7-27-19(22)24-20;;/h4-5,8-9,11H,6-7,10H2,1-3H3,(H2,22,24);2*1H. The number of aliphatic imine (C=N–C) groups is 1. The maximum Gasteiger partial charge on any atom is 0.185 e. The van der Waals surface area contributed by atoms with Crippen molar-refractivity contribution in [2.45, 2.75) is 32.2 Å². The van der Waals surface area contributed by atoms with E-state index in [9.17, 15) is 9.18 Å². The fourth-order valence-corrected chi connectivity index (χ4v) is 4.17. The molecule has 0 saturated heterocycles. The number of carbonyl (C=O) groups excluding carboxylic acids is 1. The van der Waals surface area contributed by atoms with Crippen LogP contribution in [0.5, 0.6) is 5.75 Å². The molecule has 0 saturated carbocycles. The molecule has 158 valence electrons. The Kier molecular flexibility index (Phi) is 8.93. The number of nitrogens with two attached hydrogens (primary N) is 1. The van der Waals surface area contributed by atoms with Gasteiger partial charge in [0, 0.05) is 17.7 Å². The first kappa shape index (κ1) is 25.2. The van der Waals surface area contributed by atoms with Crippen LogP contribution in [0.2, 0.25) is 0 Å². The largest absolute Gasteiger partial charge is 0.495 e.